The molecule has 0 spiro atoms. The summed E-state index contributed by atoms with van der Waals surface area (Å²) in [6, 6.07) is 11.2. The Bertz CT molecular complexity index is 845. The van der Waals surface area contributed by atoms with Crippen LogP contribution in [0.25, 0.3) is 11.3 Å². The topological polar surface area (TPSA) is 42.0 Å². The largest absolute Gasteiger partial charge is 0.352 e. The fourth-order valence-corrected chi connectivity index (χ4v) is 3.76. The van der Waals surface area contributed by atoms with Crippen molar-refractivity contribution >= 4 is 40.4 Å². The number of hydrogen-bond acceptors (Lipinski definition) is 3. The number of aromatic nitrogens is 1. The van der Waals surface area contributed by atoms with Crippen molar-refractivity contribution < 1.29 is 4.79 Å². The minimum atomic E-state index is -0.0453. The van der Waals surface area contributed by atoms with Crippen molar-refractivity contribution in [2.45, 2.75) is 19.4 Å². The Morgan fingerprint density at radius 2 is 1.92 bits per heavy atom. The molecular formula is C19H16Cl2N2OS. The van der Waals surface area contributed by atoms with E-state index in [4.69, 9.17) is 23.2 Å². The van der Waals surface area contributed by atoms with Crippen LogP contribution in [0.2, 0.25) is 10.0 Å². The smallest absolute Gasteiger partial charge is 0.220 e. The molecule has 3 rings (SSSR count). The first kappa shape index (κ1) is 17.9. The number of pyridine rings is 1. The van der Waals surface area contributed by atoms with Crippen LogP contribution in [0.15, 0.2) is 53.4 Å². The molecule has 0 aliphatic carbocycles. The van der Waals surface area contributed by atoms with Crippen molar-refractivity contribution in [3.63, 3.8) is 0 Å². The van der Waals surface area contributed by atoms with E-state index in [1.165, 1.54) is 0 Å². The second kappa shape index (κ2) is 8.48. The van der Waals surface area contributed by atoms with Gasteiger partial charge in [0.1, 0.15) is 0 Å². The minimum absolute atomic E-state index is 0.0453. The van der Waals surface area contributed by atoms with E-state index in [2.05, 4.69) is 10.3 Å². The van der Waals surface area contributed by atoms with Crippen molar-refractivity contribution in [2.75, 3.05) is 0 Å². The maximum atomic E-state index is 12.2. The Morgan fingerprint density at radius 1 is 1.12 bits per heavy atom. The molecule has 1 N–H and O–H groups in total. The summed E-state index contributed by atoms with van der Waals surface area (Å²) in [7, 11) is 0. The zero-order valence-corrected chi connectivity index (χ0v) is 15.7. The van der Waals surface area contributed by atoms with Gasteiger partial charge in [-0.05, 0) is 47.2 Å². The van der Waals surface area contributed by atoms with Gasteiger partial charge in [-0.15, -0.1) is 0 Å². The first-order valence-corrected chi connectivity index (χ1v) is 9.51. The third kappa shape index (κ3) is 4.60. The molecule has 3 nitrogen and oxygen atoms in total. The summed E-state index contributed by atoms with van der Waals surface area (Å²) < 4.78 is 0. The Balaban J connectivity index is 1.60. The lowest BCUT2D eigenvalue weighted by Gasteiger charge is -2.10. The first-order valence-electron chi connectivity index (χ1n) is 7.81. The molecule has 1 aromatic carbocycles. The van der Waals surface area contributed by atoms with Gasteiger partial charge >= 0.3 is 0 Å². The standard InChI is InChI=1S/C19H16Cl2N2OS/c20-16-4-1-5-17(21)15(16)6-7-18(24)23-11-13-3-2-9-22-19(13)14-8-10-25-12-14/h1-5,8-10,12H,6-7,11H2,(H,23,24). The van der Waals surface area contributed by atoms with Crippen molar-refractivity contribution in [1.82, 2.24) is 10.3 Å². The lowest BCUT2D eigenvalue weighted by atomic mass is 10.1. The highest BCUT2D eigenvalue weighted by Gasteiger charge is 2.11. The molecule has 25 heavy (non-hydrogen) atoms. The second-order valence-electron chi connectivity index (χ2n) is 5.50. The highest BCUT2D eigenvalue weighted by molar-refractivity contribution is 7.08. The van der Waals surface area contributed by atoms with E-state index in [0.29, 0.717) is 29.4 Å². The maximum absolute atomic E-state index is 12.2. The quantitative estimate of drug-likeness (QED) is 0.614. The third-order valence-corrected chi connectivity index (χ3v) is 5.22. The van der Waals surface area contributed by atoms with Crippen molar-refractivity contribution in [3.05, 3.63) is 74.5 Å². The number of halogens is 2. The summed E-state index contributed by atoms with van der Waals surface area (Å²) in [5.41, 5.74) is 3.77. The molecule has 0 saturated heterocycles. The zero-order chi connectivity index (χ0) is 17.6. The lowest BCUT2D eigenvalue weighted by molar-refractivity contribution is -0.121. The summed E-state index contributed by atoms with van der Waals surface area (Å²) in [5, 5.41) is 8.19. The van der Waals surface area contributed by atoms with E-state index in [9.17, 15) is 4.79 Å². The average Bonchev–Trinajstić information content (AvgIpc) is 3.14. The van der Waals surface area contributed by atoms with Crippen LogP contribution in [-0.2, 0) is 17.8 Å². The van der Waals surface area contributed by atoms with Gasteiger partial charge in [-0.1, -0.05) is 35.3 Å². The SMILES string of the molecule is O=C(CCc1c(Cl)cccc1Cl)NCc1cccnc1-c1ccsc1. The van der Waals surface area contributed by atoms with E-state index in [1.54, 1.807) is 35.7 Å². The van der Waals surface area contributed by atoms with Crippen LogP contribution < -0.4 is 5.32 Å². The van der Waals surface area contributed by atoms with Gasteiger partial charge in [0.25, 0.3) is 0 Å². The van der Waals surface area contributed by atoms with Gasteiger partial charge in [0, 0.05) is 40.2 Å². The van der Waals surface area contributed by atoms with Gasteiger partial charge in [-0.25, -0.2) is 0 Å². The van der Waals surface area contributed by atoms with Gasteiger partial charge in [-0.2, -0.15) is 11.3 Å². The number of hydrogen-bond donors (Lipinski definition) is 1. The van der Waals surface area contributed by atoms with Crippen LogP contribution in [0.3, 0.4) is 0 Å². The molecule has 0 atom stereocenters. The van der Waals surface area contributed by atoms with Crippen LogP contribution >= 0.6 is 34.5 Å². The Kier molecular flexibility index (Phi) is 6.08. The molecule has 2 aromatic heterocycles. The average molecular weight is 391 g/mol. The number of benzene rings is 1. The van der Waals surface area contributed by atoms with Crippen LogP contribution in [0, 0.1) is 0 Å². The summed E-state index contributed by atoms with van der Waals surface area (Å²) in [6.45, 7) is 0.439. The molecule has 0 unspecified atom stereocenters. The lowest BCUT2D eigenvalue weighted by Crippen LogP contribution is -2.23. The molecule has 3 aromatic rings. The molecule has 0 fully saturated rings. The third-order valence-electron chi connectivity index (χ3n) is 3.83. The number of nitrogens with zero attached hydrogens (tertiary/aromatic N) is 1. The van der Waals surface area contributed by atoms with Gasteiger partial charge in [0.2, 0.25) is 5.91 Å². The summed E-state index contributed by atoms with van der Waals surface area (Å²) in [6.07, 6.45) is 2.60. The normalized spacial score (nSPS) is 10.6. The zero-order valence-electron chi connectivity index (χ0n) is 13.3. The van der Waals surface area contributed by atoms with Crippen LogP contribution in [0.4, 0.5) is 0 Å². The molecule has 6 heteroatoms. The van der Waals surface area contributed by atoms with Gasteiger partial charge in [-0.3, -0.25) is 9.78 Å². The highest BCUT2D eigenvalue weighted by Crippen LogP contribution is 2.26. The Morgan fingerprint density at radius 3 is 2.64 bits per heavy atom. The van der Waals surface area contributed by atoms with Crippen molar-refractivity contribution in [2.24, 2.45) is 0 Å². The van der Waals surface area contributed by atoms with E-state index in [0.717, 1.165) is 22.4 Å². The Labute approximate surface area is 160 Å². The summed E-state index contributed by atoms with van der Waals surface area (Å²) in [5.74, 6) is -0.0453. The molecule has 2 heterocycles. The van der Waals surface area contributed by atoms with Crippen molar-refractivity contribution in [3.8, 4) is 11.3 Å². The summed E-state index contributed by atoms with van der Waals surface area (Å²) in [4.78, 5) is 16.6. The van der Waals surface area contributed by atoms with Gasteiger partial charge in [0.15, 0.2) is 0 Å². The highest BCUT2D eigenvalue weighted by atomic mass is 35.5. The monoisotopic (exact) mass is 390 g/mol. The van der Waals surface area contributed by atoms with E-state index in [1.807, 2.05) is 29.0 Å². The maximum Gasteiger partial charge on any atom is 0.220 e. The molecule has 0 aliphatic rings. The van der Waals surface area contributed by atoms with Crippen LogP contribution in [0.1, 0.15) is 17.5 Å². The van der Waals surface area contributed by atoms with Crippen LogP contribution in [-0.4, -0.2) is 10.9 Å². The molecule has 128 valence electrons. The molecule has 1 amide bonds. The number of thiophene rings is 1. The second-order valence-corrected chi connectivity index (χ2v) is 7.09. The van der Waals surface area contributed by atoms with E-state index >= 15 is 0 Å². The van der Waals surface area contributed by atoms with Crippen molar-refractivity contribution in [1.29, 1.82) is 0 Å². The number of carbonyl (C=O) groups is 1. The molecule has 0 aliphatic heterocycles. The molecular weight excluding hydrogens is 375 g/mol. The number of rotatable bonds is 6. The number of carbonyl (C=O) groups excluding carboxylic acids is 1. The fraction of sp³-hybridized carbons (Fsp3) is 0.158. The fourth-order valence-electron chi connectivity index (χ4n) is 2.53. The Hall–Kier alpha value is -1.88. The van der Waals surface area contributed by atoms with E-state index in [-0.39, 0.29) is 5.91 Å². The van der Waals surface area contributed by atoms with E-state index < -0.39 is 0 Å². The summed E-state index contributed by atoms with van der Waals surface area (Å²) >= 11 is 13.9. The molecule has 0 radical (unpaired) electrons. The van der Waals surface area contributed by atoms with Gasteiger partial charge < -0.3 is 5.32 Å². The number of amides is 1. The van der Waals surface area contributed by atoms with Gasteiger partial charge in [0.05, 0.1) is 5.69 Å². The van der Waals surface area contributed by atoms with Crippen LogP contribution in [0.5, 0.6) is 0 Å². The number of nitrogens with one attached hydrogen (secondary N) is 1. The minimum Gasteiger partial charge on any atom is -0.352 e. The predicted molar refractivity (Wildman–Crippen MR) is 104 cm³/mol. The molecule has 0 saturated carbocycles. The first-order chi connectivity index (χ1) is 12.1. The predicted octanol–water partition coefficient (Wildman–Crippen LogP) is 5.37. The molecule has 0 bridgehead atoms.